The first-order valence-electron chi connectivity index (χ1n) is 8.24. The fraction of sp³-hybridized carbons (Fsp3) is 0.250. The van der Waals surface area contributed by atoms with Crippen LogP contribution in [0.5, 0.6) is 5.75 Å². The highest BCUT2D eigenvalue weighted by Gasteiger charge is 2.19. The summed E-state index contributed by atoms with van der Waals surface area (Å²) in [5.74, 6) is -0.617. The fourth-order valence-corrected chi connectivity index (χ4v) is 2.17. The van der Waals surface area contributed by atoms with Gasteiger partial charge in [0.1, 0.15) is 11.8 Å². The summed E-state index contributed by atoms with van der Waals surface area (Å²) in [7, 11) is 0. The van der Waals surface area contributed by atoms with Gasteiger partial charge in [-0.2, -0.15) is 5.26 Å². The van der Waals surface area contributed by atoms with Gasteiger partial charge in [0.2, 0.25) is 0 Å². The van der Waals surface area contributed by atoms with E-state index in [1.807, 2.05) is 18.2 Å². The molecule has 2 aromatic rings. The van der Waals surface area contributed by atoms with Crippen LogP contribution < -0.4 is 10.1 Å². The summed E-state index contributed by atoms with van der Waals surface area (Å²) in [6.07, 6.45) is -0.0931. The van der Waals surface area contributed by atoms with Crippen molar-refractivity contribution in [3.63, 3.8) is 0 Å². The van der Waals surface area contributed by atoms with Crippen molar-refractivity contribution in [2.45, 2.75) is 26.4 Å². The number of nitrogens with one attached hydrogen (secondary N) is 1. The van der Waals surface area contributed by atoms with E-state index in [1.54, 1.807) is 36.4 Å². The van der Waals surface area contributed by atoms with Crippen LogP contribution in [-0.2, 0) is 20.7 Å². The van der Waals surface area contributed by atoms with Crippen LogP contribution in [0, 0.1) is 11.3 Å². The van der Waals surface area contributed by atoms with Gasteiger partial charge in [-0.1, -0.05) is 31.2 Å². The first-order valence-corrected chi connectivity index (χ1v) is 8.24. The SMILES string of the molecule is CCc1ccc(OCC(=O)OC(C)C(=O)Nc2ccccc2C#N)cc1. The van der Waals surface area contributed by atoms with Gasteiger partial charge in [-0.15, -0.1) is 0 Å². The molecule has 1 atom stereocenters. The molecule has 1 N–H and O–H groups in total. The van der Waals surface area contributed by atoms with Crippen LogP contribution in [0.25, 0.3) is 0 Å². The molecule has 0 spiro atoms. The van der Waals surface area contributed by atoms with Crippen molar-refractivity contribution in [2.24, 2.45) is 0 Å². The van der Waals surface area contributed by atoms with E-state index in [4.69, 9.17) is 14.7 Å². The summed E-state index contributed by atoms with van der Waals surface area (Å²) in [4.78, 5) is 24.0. The third kappa shape index (κ3) is 5.35. The molecule has 1 amide bonds. The minimum absolute atomic E-state index is 0.294. The molecule has 0 aliphatic carbocycles. The number of nitrogens with zero attached hydrogens (tertiary/aromatic N) is 1. The van der Waals surface area contributed by atoms with Crippen molar-refractivity contribution < 1.29 is 19.1 Å². The lowest BCUT2D eigenvalue weighted by atomic mass is 10.2. The largest absolute Gasteiger partial charge is 0.482 e. The molecule has 0 radical (unpaired) electrons. The topological polar surface area (TPSA) is 88.4 Å². The number of hydrogen-bond donors (Lipinski definition) is 1. The van der Waals surface area contributed by atoms with Gasteiger partial charge in [0.15, 0.2) is 12.7 Å². The Kier molecular flexibility index (Phi) is 6.75. The lowest BCUT2D eigenvalue weighted by molar-refractivity contribution is -0.155. The molecule has 6 nitrogen and oxygen atoms in total. The molecule has 0 heterocycles. The second-order valence-corrected chi connectivity index (χ2v) is 5.56. The number of hydrogen-bond acceptors (Lipinski definition) is 5. The zero-order valence-corrected chi connectivity index (χ0v) is 14.7. The molecule has 26 heavy (non-hydrogen) atoms. The average molecular weight is 352 g/mol. The Balaban J connectivity index is 1.83. The van der Waals surface area contributed by atoms with Gasteiger partial charge in [-0.25, -0.2) is 4.79 Å². The number of anilines is 1. The summed E-state index contributed by atoms with van der Waals surface area (Å²) < 4.78 is 10.4. The van der Waals surface area contributed by atoms with Crippen molar-refractivity contribution in [1.82, 2.24) is 0 Å². The highest BCUT2D eigenvalue weighted by molar-refractivity contribution is 5.96. The Morgan fingerprint density at radius 2 is 1.85 bits per heavy atom. The number of aryl methyl sites for hydroxylation is 1. The van der Waals surface area contributed by atoms with E-state index in [0.29, 0.717) is 17.0 Å². The lowest BCUT2D eigenvalue weighted by Crippen LogP contribution is -2.31. The van der Waals surface area contributed by atoms with E-state index in [0.717, 1.165) is 6.42 Å². The second-order valence-electron chi connectivity index (χ2n) is 5.56. The molecule has 2 aromatic carbocycles. The van der Waals surface area contributed by atoms with Gasteiger partial charge in [-0.3, -0.25) is 4.79 Å². The van der Waals surface area contributed by atoms with Crippen molar-refractivity contribution in [1.29, 1.82) is 5.26 Å². The quantitative estimate of drug-likeness (QED) is 0.774. The van der Waals surface area contributed by atoms with Gasteiger partial charge in [0.05, 0.1) is 11.3 Å². The van der Waals surface area contributed by atoms with Crippen LogP contribution in [0.15, 0.2) is 48.5 Å². The number of ether oxygens (including phenoxy) is 2. The third-order valence-electron chi connectivity index (χ3n) is 3.67. The molecular formula is C20H20N2O4. The summed E-state index contributed by atoms with van der Waals surface area (Å²) in [5.41, 5.74) is 1.87. The maximum Gasteiger partial charge on any atom is 0.344 e. The lowest BCUT2D eigenvalue weighted by Gasteiger charge is -2.14. The molecule has 1 unspecified atom stereocenters. The molecule has 0 aliphatic heterocycles. The molecule has 0 aliphatic rings. The Morgan fingerprint density at radius 1 is 1.15 bits per heavy atom. The highest BCUT2D eigenvalue weighted by atomic mass is 16.6. The summed E-state index contributed by atoms with van der Waals surface area (Å²) in [5, 5.41) is 11.6. The minimum Gasteiger partial charge on any atom is -0.482 e. The molecule has 0 aromatic heterocycles. The number of rotatable bonds is 7. The number of para-hydroxylation sites is 1. The number of amides is 1. The van der Waals surface area contributed by atoms with Crippen LogP contribution >= 0.6 is 0 Å². The molecule has 0 bridgehead atoms. The van der Waals surface area contributed by atoms with Gasteiger partial charge in [0.25, 0.3) is 5.91 Å². The van der Waals surface area contributed by atoms with E-state index in [9.17, 15) is 9.59 Å². The predicted octanol–water partition coefficient (Wildman–Crippen LogP) is 3.07. The number of benzene rings is 2. The summed E-state index contributed by atoms with van der Waals surface area (Å²) >= 11 is 0. The van der Waals surface area contributed by atoms with Crippen LogP contribution in [0.3, 0.4) is 0 Å². The maximum absolute atomic E-state index is 12.1. The molecule has 2 rings (SSSR count). The van der Waals surface area contributed by atoms with E-state index in [2.05, 4.69) is 12.2 Å². The van der Waals surface area contributed by atoms with E-state index >= 15 is 0 Å². The summed E-state index contributed by atoms with van der Waals surface area (Å²) in [6.45, 7) is 3.21. The van der Waals surface area contributed by atoms with Crippen LogP contribution in [-0.4, -0.2) is 24.6 Å². The highest BCUT2D eigenvalue weighted by Crippen LogP contribution is 2.15. The zero-order chi connectivity index (χ0) is 18.9. The third-order valence-corrected chi connectivity index (χ3v) is 3.67. The standard InChI is InChI=1S/C20H20N2O4/c1-3-15-8-10-17(11-9-15)25-13-19(23)26-14(2)20(24)22-18-7-5-4-6-16(18)12-21/h4-11,14H,3,13H2,1-2H3,(H,22,24). The van der Waals surface area contributed by atoms with Crippen molar-refractivity contribution in [2.75, 3.05) is 11.9 Å². The Morgan fingerprint density at radius 3 is 2.50 bits per heavy atom. The molecule has 134 valence electrons. The Hall–Kier alpha value is -3.33. The number of carbonyl (C=O) groups excluding carboxylic acids is 2. The molecular weight excluding hydrogens is 332 g/mol. The van der Waals surface area contributed by atoms with Gasteiger partial charge >= 0.3 is 5.97 Å². The second kappa shape index (κ2) is 9.23. The van der Waals surface area contributed by atoms with Gasteiger partial charge in [0, 0.05) is 0 Å². The smallest absolute Gasteiger partial charge is 0.344 e. The molecule has 0 saturated carbocycles. The minimum atomic E-state index is -1.01. The zero-order valence-electron chi connectivity index (χ0n) is 14.7. The van der Waals surface area contributed by atoms with E-state index < -0.39 is 18.0 Å². The van der Waals surface area contributed by atoms with Gasteiger partial charge < -0.3 is 14.8 Å². The van der Waals surface area contributed by atoms with Crippen molar-refractivity contribution in [3.8, 4) is 11.8 Å². The first kappa shape index (κ1) is 19.0. The maximum atomic E-state index is 12.1. The van der Waals surface area contributed by atoms with Gasteiger partial charge in [-0.05, 0) is 43.2 Å². The van der Waals surface area contributed by atoms with Crippen molar-refractivity contribution in [3.05, 3.63) is 59.7 Å². The van der Waals surface area contributed by atoms with E-state index in [1.165, 1.54) is 12.5 Å². The van der Waals surface area contributed by atoms with Crippen LogP contribution in [0.2, 0.25) is 0 Å². The van der Waals surface area contributed by atoms with Crippen molar-refractivity contribution >= 4 is 17.6 Å². The molecule has 0 saturated heterocycles. The van der Waals surface area contributed by atoms with Crippen LogP contribution in [0.1, 0.15) is 25.0 Å². The number of esters is 1. The summed E-state index contributed by atoms with van der Waals surface area (Å²) in [6, 6.07) is 16.0. The Labute approximate surface area is 152 Å². The monoisotopic (exact) mass is 352 g/mol. The first-order chi connectivity index (χ1) is 12.5. The van der Waals surface area contributed by atoms with E-state index in [-0.39, 0.29) is 6.61 Å². The molecule has 0 fully saturated rings. The molecule has 6 heteroatoms. The Bertz CT molecular complexity index is 809. The normalized spacial score (nSPS) is 11.1. The van der Waals surface area contributed by atoms with Crippen LogP contribution in [0.4, 0.5) is 5.69 Å². The number of nitriles is 1. The average Bonchev–Trinajstić information content (AvgIpc) is 2.67. The fourth-order valence-electron chi connectivity index (χ4n) is 2.17. The number of carbonyl (C=O) groups is 2. The predicted molar refractivity (Wildman–Crippen MR) is 96.7 cm³/mol.